The van der Waals surface area contributed by atoms with Crippen LogP contribution in [-0.2, 0) is 9.84 Å². The van der Waals surface area contributed by atoms with Gasteiger partial charge in [-0.05, 0) is 71.1 Å². The Bertz CT molecular complexity index is 389. The first-order valence-corrected chi connectivity index (χ1v) is 10.0. The summed E-state index contributed by atoms with van der Waals surface area (Å²) in [5, 5.41) is 3.14. The first kappa shape index (κ1) is 16.2. The number of nitrogens with zero attached hydrogens (tertiary/aromatic N) is 1. The first-order chi connectivity index (χ1) is 9.50. The Hall–Kier alpha value is -0.130. The monoisotopic (exact) mass is 302 g/mol. The van der Waals surface area contributed by atoms with Crippen LogP contribution in [0.15, 0.2) is 0 Å². The Kier molecular flexibility index (Phi) is 5.87. The molecule has 0 radical (unpaired) electrons. The zero-order valence-electron chi connectivity index (χ0n) is 13.0. The topological polar surface area (TPSA) is 49.4 Å². The number of piperidine rings is 1. The maximum absolute atomic E-state index is 11.8. The van der Waals surface area contributed by atoms with E-state index in [1.54, 1.807) is 0 Å². The van der Waals surface area contributed by atoms with Crippen LogP contribution in [0.2, 0.25) is 0 Å². The smallest absolute Gasteiger partial charge is 0.150 e. The van der Waals surface area contributed by atoms with Crippen molar-refractivity contribution in [3.63, 3.8) is 0 Å². The highest BCUT2D eigenvalue weighted by Gasteiger charge is 2.33. The molecule has 1 saturated heterocycles. The number of likely N-dealkylation sites (tertiary alicyclic amines) is 1. The Morgan fingerprint density at radius 1 is 1.15 bits per heavy atom. The van der Waals surface area contributed by atoms with Gasteiger partial charge in [-0.1, -0.05) is 6.42 Å². The highest BCUT2D eigenvalue weighted by molar-refractivity contribution is 7.91. The molecule has 2 fully saturated rings. The molecule has 1 saturated carbocycles. The van der Waals surface area contributed by atoms with Crippen molar-refractivity contribution in [1.82, 2.24) is 10.2 Å². The Morgan fingerprint density at radius 3 is 2.45 bits per heavy atom. The molecule has 0 spiro atoms. The summed E-state index contributed by atoms with van der Waals surface area (Å²) < 4.78 is 23.5. The maximum atomic E-state index is 11.8. The lowest BCUT2D eigenvalue weighted by Crippen LogP contribution is -2.45. The number of hydrogen-bond donors (Lipinski definition) is 1. The minimum Gasteiger partial charge on any atom is -0.320 e. The molecule has 0 aromatic heterocycles. The van der Waals surface area contributed by atoms with Crippen LogP contribution in [0.25, 0.3) is 0 Å². The Morgan fingerprint density at radius 2 is 1.85 bits per heavy atom. The quantitative estimate of drug-likeness (QED) is 0.839. The Labute approximate surface area is 124 Å². The summed E-state index contributed by atoms with van der Waals surface area (Å²) in [5.41, 5.74) is 0. The molecule has 0 aromatic rings. The van der Waals surface area contributed by atoms with Gasteiger partial charge in [0.05, 0.1) is 5.25 Å². The molecule has 4 nitrogen and oxygen atoms in total. The van der Waals surface area contributed by atoms with Crippen LogP contribution >= 0.6 is 0 Å². The van der Waals surface area contributed by atoms with E-state index < -0.39 is 9.84 Å². The van der Waals surface area contributed by atoms with E-state index in [1.165, 1.54) is 31.9 Å². The third-order valence-electron chi connectivity index (χ3n) is 5.17. The van der Waals surface area contributed by atoms with Gasteiger partial charge in [-0.25, -0.2) is 8.42 Å². The van der Waals surface area contributed by atoms with Crippen LogP contribution in [0, 0.1) is 5.92 Å². The fourth-order valence-corrected chi connectivity index (χ4v) is 4.96. The number of sulfone groups is 1. The van der Waals surface area contributed by atoms with E-state index in [0.29, 0.717) is 6.04 Å². The molecule has 1 heterocycles. The molecule has 1 N–H and O–H groups in total. The standard InChI is InChI=1S/C15H30N2O2S/c1-16-9-6-13-7-10-17(11-8-13)14-4-3-5-15(12-14)20(2,18)19/h13-16H,3-12H2,1-2H3. The first-order valence-electron chi connectivity index (χ1n) is 8.08. The molecular weight excluding hydrogens is 272 g/mol. The lowest BCUT2D eigenvalue weighted by molar-refractivity contribution is 0.105. The second kappa shape index (κ2) is 7.23. The van der Waals surface area contributed by atoms with Crippen LogP contribution < -0.4 is 5.32 Å². The molecule has 0 aromatic carbocycles. The van der Waals surface area contributed by atoms with Gasteiger partial charge in [0.15, 0.2) is 0 Å². The van der Waals surface area contributed by atoms with Gasteiger partial charge in [0.2, 0.25) is 0 Å². The van der Waals surface area contributed by atoms with Crippen molar-refractivity contribution >= 4 is 9.84 Å². The molecule has 2 aliphatic rings. The molecule has 118 valence electrons. The molecular formula is C15H30N2O2S. The lowest BCUT2D eigenvalue weighted by Gasteiger charge is -2.41. The molecule has 1 aliphatic heterocycles. The minimum absolute atomic E-state index is 0.0942. The maximum Gasteiger partial charge on any atom is 0.150 e. The average molecular weight is 302 g/mol. The third-order valence-corrected chi connectivity index (χ3v) is 6.81. The largest absolute Gasteiger partial charge is 0.320 e. The molecule has 5 heteroatoms. The molecule has 2 unspecified atom stereocenters. The summed E-state index contributed by atoms with van der Waals surface area (Å²) in [4.78, 5) is 2.56. The van der Waals surface area contributed by atoms with Gasteiger partial charge in [-0.2, -0.15) is 0 Å². The van der Waals surface area contributed by atoms with Gasteiger partial charge in [0.1, 0.15) is 9.84 Å². The van der Waals surface area contributed by atoms with E-state index in [2.05, 4.69) is 10.2 Å². The fourth-order valence-electron chi connectivity index (χ4n) is 3.80. The highest BCUT2D eigenvalue weighted by atomic mass is 32.2. The van der Waals surface area contributed by atoms with Gasteiger partial charge >= 0.3 is 0 Å². The number of hydrogen-bond acceptors (Lipinski definition) is 4. The van der Waals surface area contributed by atoms with Crippen LogP contribution in [-0.4, -0.2) is 57.5 Å². The summed E-state index contributed by atoms with van der Waals surface area (Å²) in [6.45, 7) is 3.44. The zero-order chi connectivity index (χ0) is 14.6. The van der Waals surface area contributed by atoms with Crippen LogP contribution in [0.5, 0.6) is 0 Å². The van der Waals surface area contributed by atoms with Crippen molar-refractivity contribution in [2.24, 2.45) is 5.92 Å². The van der Waals surface area contributed by atoms with Crippen molar-refractivity contribution in [3.05, 3.63) is 0 Å². The van der Waals surface area contributed by atoms with Gasteiger partial charge < -0.3 is 10.2 Å². The van der Waals surface area contributed by atoms with Crippen molar-refractivity contribution in [3.8, 4) is 0 Å². The summed E-state index contributed by atoms with van der Waals surface area (Å²) in [6.07, 6.45) is 9.23. The van der Waals surface area contributed by atoms with E-state index in [0.717, 1.165) is 44.8 Å². The van der Waals surface area contributed by atoms with Crippen LogP contribution in [0.3, 0.4) is 0 Å². The molecule has 2 rings (SSSR count). The minimum atomic E-state index is -2.86. The third kappa shape index (κ3) is 4.43. The van der Waals surface area contributed by atoms with Crippen LogP contribution in [0.4, 0.5) is 0 Å². The molecule has 0 amide bonds. The van der Waals surface area contributed by atoms with Gasteiger partial charge in [0, 0.05) is 12.3 Å². The Balaban J connectivity index is 1.81. The van der Waals surface area contributed by atoms with E-state index in [1.807, 2.05) is 7.05 Å². The van der Waals surface area contributed by atoms with E-state index >= 15 is 0 Å². The van der Waals surface area contributed by atoms with Crippen LogP contribution in [0.1, 0.15) is 44.9 Å². The second-order valence-corrected chi connectivity index (χ2v) is 8.97. The summed E-state index contributed by atoms with van der Waals surface area (Å²) >= 11 is 0. The van der Waals surface area contributed by atoms with Crippen molar-refractivity contribution < 1.29 is 8.42 Å². The van der Waals surface area contributed by atoms with Crippen molar-refractivity contribution in [2.75, 3.05) is 32.9 Å². The summed E-state index contributed by atoms with van der Waals surface area (Å²) in [7, 11) is -0.839. The van der Waals surface area contributed by atoms with E-state index in [4.69, 9.17) is 0 Å². The highest BCUT2D eigenvalue weighted by Crippen LogP contribution is 2.30. The molecule has 0 bridgehead atoms. The molecule has 20 heavy (non-hydrogen) atoms. The normalized spacial score (nSPS) is 30.5. The predicted molar refractivity (Wildman–Crippen MR) is 83.7 cm³/mol. The summed E-state index contributed by atoms with van der Waals surface area (Å²) in [5.74, 6) is 0.855. The van der Waals surface area contributed by atoms with Crippen molar-refractivity contribution in [2.45, 2.75) is 56.2 Å². The number of rotatable bonds is 5. The summed E-state index contributed by atoms with van der Waals surface area (Å²) in [6, 6.07) is 0.508. The second-order valence-electron chi connectivity index (χ2n) is 6.64. The van der Waals surface area contributed by atoms with Gasteiger partial charge in [-0.15, -0.1) is 0 Å². The number of nitrogens with one attached hydrogen (secondary N) is 1. The molecule has 2 atom stereocenters. The SMILES string of the molecule is CNCCC1CCN(C2CCCC(S(C)(=O)=O)C2)CC1. The fraction of sp³-hybridized carbons (Fsp3) is 1.00. The van der Waals surface area contributed by atoms with Gasteiger partial charge in [0.25, 0.3) is 0 Å². The van der Waals surface area contributed by atoms with Crippen molar-refractivity contribution in [1.29, 1.82) is 0 Å². The zero-order valence-corrected chi connectivity index (χ0v) is 13.8. The van der Waals surface area contributed by atoms with E-state index in [-0.39, 0.29) is 5.25 Å². The lowest BCUT2D eigenvalue weighted by atomic mass is 9.88. The van der Waals surface area contributed by atoms with Gasteiger partial charge in [-0.3, -0.25) is 0 Å². The van der Waals surface area contributed by atoms with E-state index in [9.17, 15) is 8.42 Å². The molecule has 1 aliphatic carbocycles. The predicted octanol–water partition coefficient (Wildman–Crippen LogP) is 1.66. The average Bonchev–Trinajstić information content (AvgIpc) is 2.45.